The number of halogens is 1. The molecular weight excluding hydrogens is 272 g/mol. The fourth-order valence-electron chi connectivity index (χ4n) is 1.81. The van der Waals surface area contributed by atoms with Crippen molar-refractivity contribution >= 4 is 23.2 Å². The molecule has 1 amide bonds. The number of nitro benzene ring substituents is 1. The summed E-state index contributed by atoms with van der Waals surface area (Å²) in [6, 6.07) is 4.24. The lowest BCUT2D eigenvalue weighted by Gasteiger charge is -2.15. The normalized spacial score (nSPS) is 15.7. The Balaban J connectivity index is 2.31. The van der Waals surface area contributed by atoms with Crippen molar-refractivity contribution in [3.8, 4) is 5.75 Å². The second-order valence-electron chi connectivity index (χ2n) is 4.48. The summed E-state index contributed by atoms with van der Waals surface area (Å²) in [6.07, 6.45) is 1.64. The van der Waals surface area contributed by atoms with Gasteiger partial charge in [0.15, 0.2) is 0 Å². The number of para-hydroxylation sites is 1. The van der Waals surface area contributed by atoms with E-state index < -0.39 is 10.8 Å². The molecule has 19 heavy (non-hydrogen) atoms. The SMILES string of the molecule is COc1c(C(=O)NC2(CCl)CC2)cccc1[N+](=O)[O-]. The van der Waals surface area contributed by atoms with Crippen LogP contribution >= 0.6 is 11.6 Å². The summed E-state index contributed by atoms with van der Waals surface area (Å²) in [4.78, 5) is 22.4. The Morgan fingerprint density at radius 3 is 2.74 bits per heavy atom. The molecule has 1 aliphatic rings. The third-order valence-corrected chi connectivity index (χ3v) is 3.64. The van der Waals surface area contributed by atoms with Crippen molar-refractivity contribution in [2.24, 2.45) is 0 Å². The van der Waals surface area contributed by atoms with Gasteiger partial charge in [-0.15, -0.1) is 11.6 Å². The molecule has 0 aromatic heterocycles. The second kappa shape index (κ2) is 5.05. The first kappa shape index (κ1) is 13.6. The van der Waals surface area contributed by atoms with Crippen LogP contribution in [-0.2, 0) is 0 Å². The molecular formula is C12H13ClN2O4. The van der Waals surface area contributed by atoms with E-state index in [1.165, 1.54) is 25.3 Å². The van der Waals surface area contributed by atoms with Crippen LogP contribution in [-0.4, -0.2) is 29.4 Å². The molecule has 1 N–H and O–H groups in total. The summed E-state index contributed by atoms with van der Waals surface area (Å²) in [6.45, 7) is 0. The molecule has 6 nitrogen and oxygen atoms in total. The van der Waals surface area contributed by atoms with Crippen molar-refractivity contribution in [2.75, 3.05) is 13.0 Å². The van der Waals surface area contributed by atoms with E-state index in [2.05, 4.69) is 5.32 Å². The number of carbonyl (C=O) groups is 1. The fourth-order valence-corrected chi connectivity index (χ4v) is 2.15. The number of nitrogens with one attached hydrogen (secondary N) is 1. The number of hydrogen-bond acceptors (Lipinski definition) is 4. The minimum absolute atomic E-state index is 0.0321. The highest BCUT2D eigenvalue weighted by atomic mass is 35.5. The lowest BCUT2D eigenvalue weighted by molar-refractivity contribution is -0.385. The number of nitro groups is 1. The van der Waals surface area contributed by atoms with Crippen LogP contribution in [0.3, 0.4) is 0 Å². The zero-order valence-electron chi connectivity index (χ0n) is 10.3. The predicted octanol–water partition coefficient (Wildman–Crippen LogP) is 2.10. The average molecular weight is 285 g/mol. The molecule has 102 valence electrons. The molecule has 0 saturated heterocycles. The van der Waals surface area contributed by atoms with Gasteiger partial charge in [0.25, 0.3) is 5.91 Å². The van der Waals surface area contributed by atoms with Crippen LogP contribution in [0.15, 0.2) is 18.2 Å². The molecule has 1 aromatic carbocycles. The fraction of sp³-hybridized carbons (Fsp3) is 0.417. The first-order valence-corrected chi connectivity index (χ1v) is 6.26. The Morgan fingerprint density at radius 1 is 1.58 bits per heavy atom. The van der Waals surface area contributed by atoms with E-state index in [-0.39, 0.29) is 22.5 Å². The maximum Gasteiger partial charge on any atom is 0.311 e. The highest BCUT2D eigenvalue weighted by molar-refractivity contribution is 6.19. The average Bonchev–Trinajstić information content (AvgIpc) is 3.17. The maximum atomic E-state index is 12.1. The summed E-state index contributed by atoms with van der Waals surface area (Å²) in [5.41, 5.74) is -0.451. The zero-order chi connectivity index (χ0) is 14.0. The van der Waals surface area contributed by atoms with Crippen LogP contribution < -0.4 is 10.1 Å². The molecule has 2 rings (SSSR count). The third kappa shape index (κ3) is 2.63. The smallest absolute Gasteiger partial charge is 0.311 e. The van der Waals surface area contributed by atoms with Crippen molar-refractivity contribution in [1.29, 1.82) is 0 Å². The summed E-state index contributed by atoms with van der Waals surface area (Å²) in [7, 11) is 1.30. The van der Waals surface area contributed by atoms with Crippen molar-refractivity contribution < 1.29 is 14.5 Å². The number of amides is 1. The molecule has 1 aliphatic carbocycles. The number of rotatable bonds is 5. The molecule has 0 aliphatic heterocycles. The van der Waals surface area contributed by atoms with E-state index in [1.807, 2.05) is 0 Å². The number of hydrogen-bond donors (Lipinski definition) is 1. The van der Waals surface area contributed by atoms with Gasteiger partial charge in [-0.3, -0.25) is 14.9 Å². The molecule has 0 spiro atoms. The Kier molecular flexibility index (Phi) is 3.61. The van der Waals surface area contributed by atoms with E-state index >= 15 is 0 Å². The minimum atomic E-state index is -0.579. The van der Waals surface area contributed by atoms with Gasteiger partial charge in [-0.05, 0) is 18.9 Å². The lowest BCUT2D eigenvalue weighted by atomic mass is 10.1. The number of methoxy groups -OCH3 is 1. The van der Waals surface area contributed by atoms with Crippen molar-refractivity contribution in [3.63, 3.8) is 0 Å². The molecule has 0 bridgehead atoms. The molecule has 7 heteroatoms. The number of carbonyl (C=O) groups excluding carboxylic acids is 1. The van der Waals surface area contributed by atoms with Gasteiger partial charge in [0.1, 0.15) is 0 Å². The molecule has 1 fully saturated rings. The Morgan fingerprint density at radius 2 is 2.26 bits per heavy atom. The summed E-state index contributed by atoms with van der Waals surface area (Å²) >= 11 is 5.79. The van der Waals surface area contributed by atoms with Gasteiger partial charge in [-0.1, -0.05) is 6.07 Å². The van der Waals surface area contributed by atoms with Crippen LogP contribution in [0.2, 0.25) is 0 Å². The minimum Gasteiger partial charge on any atom is -0.490 e. The lowest BCUT2D eigenvalue weighted by Crippen LogP contribution is -2.38. The van der Waals surface area contributed by atoms with E-state index in [9.17, 15) is 14.9 Å². The van der Waals surface area contributed by atoms with Crippen molar-refractivity contribution in [1.82, 2.24) is 5.32 Å². The van der Waals surface area contributed by atoms with Crippen LogP contribution in [0, 0.1) is 10.1 Å². The van der Waals surface area contributed by atoms with Gasteiger partial charge in [0.2, 0.25) is 5.75 Å². The summed E-state index contributed by atoms with van der Waals surface area (Å²) < 4.78 is 4.99. The highest BCUT2D eigenvalue weighted by Gasteiger charge is 2.43. The van der Waals surface area contributed by atoms with Gasteiger partial charge in [-0.25, -0.2) is 0 Å². The van der Waals surface area contributed by atoms with Crippen LogP contribution in [0.4, 0.5) is 5.69 Å². The first-order valence-electron chi connectivity index (χ1n) is 5.73. The van der Waals surface area contributed by atoms with Crippen LogP contribution in [0.1, 0.15) is 23.2 Å². The highest BCUT2D eigenvalue weighted by Crippen LogP contribution is 2.38. The monoisotopic (exact) mass is 284 g/mol. The summed E-state index contributed by atoms with van der Waals surface area (Å²) in [5.74, 6) is -0.107. The Bertz CT molecular complexity index is 528. The van der Waals surface area contributed by atoms with E-state index in [4.69, 9.17) is 16.3 Å². The van der Waals surface area contributed by atoms with Crippen LogP contribution in [0.25, 0.3) is 0 Å². The molecule has 0 heterocycles. The molecule has 0 unspecified atom stereocenters. The van der Waals surface area contributed by atoms with Gasteiger partial charge < -0.3 is 10.1 Å². The Labute approximate surface area is 114 Å². The van der Waals surface area contributed by atoms with Crippen molar-refractivity contribution in [3.05, 3.63) is 33.9 Å². The first-order chi connectivity index (χ1) is 9.03. The molecule has 0 atom stereocenters. The zero-order valence-corrected chi connectivity index (χ0v) is 11.1. The third-order valence-electron chi connectivity index (χ3n) is 3.13. The van der Waals surface area contributed by atoms with Gasteiger partial charge in [0.05, 0.1) is 23.1 Å². The Hall–Kier alpha value is -1.82. The number of alkyl halides is 1. The van der Waals surface area contributed by atoms with Gasteiger partial charge in [-0.2, -0.15) is 0 Å². The molecule has 0 radical (unpaired) electrons. The maximum absolute atomic E-state index is 12.1. The standard InChI is InChI=1S/C12H13ClN2O4/c1-19-10-8(3-2-4-9(10)15(17)18)11(16)14-12(7-13)5-6-12/h2-4H,5-7H2,1H3,(H,14,16). The number of benzene rings is 1. The van der Waals surface area contributed by atoms with Crippen molar-refractivity contribution in [2.45, 2.75) is 18.4 Å². The van der Waals surface area contributed by atoms with E-state index in [0.29, 0.717) is 5.88 Å². The van der Waals surface area contributed by atoms with E-state index in [1.54, 1.807) is 0 Å². The topological polar surface area (TPSA) is 81.5 Å². The quantitative estimate of drug-likeness (QED) is 0.510. The number of ether oxygens (including phenoxy) is 1. The second-order valence-corrected chi connectivity index (χ2v) is 4.75. The predicted molar refractivity (Wildman–Crippen MR) is 69.8 cm³/mol. The van der Waals surface area contributed by atoms with Gasteiger partial charge >= 0.3 is 5.69 Å². The van der Waals surface area contributed by atoms with Crippen LogP contribution in [0.5, 0.6) is 5.75 Å². The van der Waals surface area contributed by atoms with E-state index in [0.717, 1.165) is 12.8 Å². The summed E-state index contributed by atoms with van der Waals surface area (Å²) in [5, 5.41) is 13.7. The largest absolute Gasteiger partial charge is 0.490 e. The van der Waals surface area contributed by atoms with Gasteiger partial charge in [0, 0.05) is 11.9 Å². The molecule has 1 saturated carbocycles. The number of nitrogens with zero attached hydrogens (tertiary/aromatic N) is 1. The molecule has 1 aromatic rings.